The Morgan fingerprint density at radius 2 is 1.91 bits per heavy atom. The van der Waals surface area contributed by atoms with Crippen molar-refractivity contribution in [2.45, 2.75) is 19.4 Å². The van der Waals surface area contributed by atoms with Gasteiger partial charge in [-0.3, -0.25) is 9.69 Å². The van der Waals surface area contributed by atoms with Gasteiger partial charge in [0.25, 0.3) is 0 Å². The summed E-state index contributed by atoms with van der Waals surface area (Å²) in [5, 5.41) is 9.01. The van der Waals surface area contributed by atoms with Crippen LogP contribution < -0.4 is 0 Å². The molecule has 0 spiro atoms. The van der Waals surface area contributed by atoms with Crippen molar-refractivity contribution in [2.24, 2.45) is 11.8 Å². The summed E-state index contributed by atoms with van der Waals surface area (Å²) >= 11 is 0. The topological polar surface area (TPSA) is 40.5 Å². The highest BCUT2D eigenvalue weighted by Gasteiger charge is 2.66. The molecule has 2 rings (SSSR count). The first-order valence-electron chi connectivity index (χ1n) is 4.08. The summed E-state index contributed by atoms with van der Waals surface area (Å²) in [7, 11) is 0. The van der Waals surface area contributed by atoms with Gasteiger partial charge in [-0.1, -0.05) is 13.8 Å². The molecule has 3 heteroatoms. The zero-order valence-corrected chi connectivity index (χ0v) is 6.87. The molecule has 2 saturated heterocycles. The highest BCUT2D eigenvalue weighted by Crippen LogP contribution is 2.50. The highest BCUT2D eigenvalue weighted by atomic mass is 16.4. The van der Waals surface area contributed by atoms with Crippen molar-refractivity contribution >= 4 is 5.97 Å². The van der Waals surface area contributed by atoms with Gasteiger partial charge >= 0.3 is 5.97 Å². The van der Waals surface area contributed by atoms with Crippen molar-refractivity contribution in [3.05, 3.63) is 0 Å². The molecule has 2 aliphatic heterocycles. The van der Waals surface area contributed by atoms with Crippen LogP contribution in [0.5, 0.6) is 0 Å². The number of carboxylic acid groups (broad SMARTS) is 1. The predicted molar refractivity (Wildman–Crippen MR) is 40.3 cm³/mol. The van der Waals surface area contributed by atoms with Gasteiger partial charge in [-0.15, -0.1) is 0 Å². The minimum Gasteiger partial charge on any atom is -0.480 e. The summed E-state index contributed by atoms with van der Waals surface area (Å²) in [6, 6.07) is 0. The molecule has 0 aromatic heterocycles. The van der Waals surface area contributed by atoms with E-state index in [0.29, 0.717) is 11.8 Å². The van der Waals surface area contributed by atoms with Crippen molar-refractivity contribution in [1.82, 2.24) is 4.90 Å². The van der Waals surface area contributed by atoms with Crippen molar-refractivity contribution < 1.29 is 9.90 Å². The minimum atomic E-state index is -0.630. The van der Waals surface area contributed by atoms with Gasteiger partial charge in [0, 0.05) is 13.1 Å². The molecule has 0 aliphatic carbocycles. The summed E-state index contributed by atoms with van der Waals surface area (Å²) in [5.41, 5.74) is -0.472. The molecule has 2 heterocycles. The predicted octanol–water partition coefficient (Wildman–Crippen LogP) is 0.411. The first-order valence-corrected chi connectivity index (χ1v) is 4.08. The number of rotatable bonds is 1. The maximum Gasteiger partial charge on any atom is 0.324 e. The lowest BCUT2D eigenvalue weighted by Gasteiger charge is -2.66. The second-order valence-corrected chi connectivity index (χ2v) is 3.84. The normalized spacial score (nSPS) is 48.9. The van der Waals surface area contributed by atoms with Crippen LogP contribution in [0.1, 0.15) is 13.8 Å². The van der Waals surface area contributed by atoms with Gasteiger partial charge in [0.05, 0.1) is 0 Å². The lowest BCUT2D eigenvalue weighted by Crippen LogP contribution is -2.82. The smallest absolute Gasteiger partial charge is 0.324 e. The Bertz CT molecular complexity index is 193. The Kier molecular flexibility index (Phi) is 1.15. The van der Waals surface area contributed by atoms with Gasteiger partial charge < -0.3 is 5.11 Å². The fourth-order valence-corrected chi connectivity index (χ4v) is 2.76. The number of hydrogen-bond acceptors (Lipinski definition) is 2. The molecule has 0 radical (unpaired) electrons. The van der Waals surface area contributed by atoms with E-state index >= 15 is 0 Å². The van der Waals surface area contributed by atoms with E-state index in [1.54, 1.807) is 0 Å². The number of piperidine rings is 1. The maximum absolute atomic E-state index is 10.9. The van der Waals surface area contributed by atoms with E-state index < -0.39 is 11.5 Å². The number of carboxylic acids is 1. The molecular formula is C8H13NO2. The molecule has 0 amide bonds. The van der Waals surface area contributed by atoms with E-state index in [2.05, 4.69) is 4.90 Å². The summed E-state index contributed by atoms with van der Waals surface area (Å²) < 4.78 is 0. The highest BCUT2D eigenvalue weighted by molar-refractivity contribution is 5.82. The van der Waals surface area contributed by atoms with Crippen LogP contribution in [0.3, 0.4) is 0 Å². The summed E-state index contributed by atoms with van der Waals surface area (Å²) in [6.45, 7) is 5.99. The fraction of sp³-hybridized carbons (Fsp3) is 0.875. The largest absolute Gasteiger partial charge is 0.480 e. The lowest BCUT2D eigenvalue weighted by atomic mass is 9.60. The molecule has 2 unspecified atom stereocenters. The van der Waals surface area contributed by atoms with Crippen LogP contribution in [-0.2, 0) is 4.79 Å². The van der Waals surface area contributed by atoms with Gasteiger partial charge in [0.15, 0.2) is 0 Å². The van der Waals surface area contributed by atoms with E-state index in [9.17, 15) is 4.79 Å². The molecule has 3 nitrogen and oxygen atoms in total. The Morgan fingerprint density at radius 3 is 2.00 bits per heavy atom. The van der Waals surface area contributed by atoms with Crippen LogP contribution >= 0.6 is 0 Å². The van der Waals surface area contributed by atoms with E-state index in [0.717, 1.165) is 13.1 Å². The summed E-state index contributed by atoms with van der Waals surface area (Å²) in [5.74, 6) is 0.0440. The SMILES string of the molecule is CC1CN2CC(C)C12C(=O)O. The molecule has 0 aromatic carbocycles. The Labute approximate surface area is 66.0 Å². The molecule has 0 saturated carbocycles. The zero-order chi connectivity index (χ0) is 8.22. The molecule has 62 valence electrons. The fourth-order valence-electron chi connectivity index (χ4n) is 2.76. The second-order valence-electron chi connectivity index (χ2n) is 3.84. The van der Waals surface area contributed by atoms with E-state index in [-0.39, 0.29) is 0 Å². The van der Waals surface area contributed by atoms with Crippen molar-refractivity contribution in [1.29, 1.82) is 0 Å². The van der Waals surface area contributed by atoms with Gasteiger partial charge in [0.1, 0.15) is 5.54 Å². The summed E-state index contributed by atoms with van der Waals surface area (Å²) in [4.78, 5) is 13.0. The molecule has 2 aliphatic rings. The van der Waals surface area contributed by atoms with Gasteiger partial charge in [-0.2, -0.15) is 0 Å². The first-order chi connectivity index (χ1) is 5.10. The third-order valence-electron chi connectivity index (χ3n) is 3.36. The molecule has 2 atom stereocenters. The van der Waals surface area contributed by atoms with Crippen LogP contribution in [-0.4, -0.2) is 34.6 Å². The van der Waals surface area contributed by atoms with Crippen LogP contribution in [0.25, 0.3) is 0 Å². The third kappa shape index (κ3) is 0.527. The van der Waals surface area contributed by atoms with Gasteiger partial charge in [0.2, 0.25) is 0 Å². The van der Waals surface area contributed by atoms with Crippen molar-refractivity contribution in [3.8, 4) is 0 Å². The third-order valence-corrected chi connectivity index (χ3v) is 3.36. The summed E-state index contributed by atoms with van der Waals surface area (Å²) in [6.07, 6.45) is 0. The standard InChI is InChI=1S/C8H13NO2/c1-5-3-9-4-6(2)8(5,9)7(10)11/h5-6H,3-4H2,1-2H3,(H,10,11). The van der Waals surface area contributed by atoms with Crippen LogP contribution in [0, 0.1) is 11.8 Å². The van der Waals surface area contributed by atoms with E-state index in [1.165, 1.54) is 0 Å². The average Bonchev–Trinajstić information content (AvgIpc) is 1.84. The number of carbonyl (C=O) groups is 1. The molecule has 11 heavy (non-hydrogen) atoms. The molecule has 2 fully saturated rings. The van der Waals surface area contributed by atoms with Gasteiger partial charge in [-0.25, -0.2) is 0 Å². The Morgan fingerprint density at radius 1 is 1.45 bits per heavy atom. The van der Waals surface area contributed by atoms with Crippen molar-refractivity contribution in [2.75, 3.05) is 13.1 Å². The van der Waals surface area contributed by atoms with E-state index in [1.807, 2.05) is 13.8 Å². The van der Waals surface area contributed by atoms with E-state index in [4.69, 9.17) is 5.11 Å². The number of hydrogen-bond donors (Lipinski definition) is 1. The zero-order valence-electron chi connectivity index (χ0n) is 6.87. The molecule has 0 aromatic rings. The lowest BCUT2D eigenvalue weighted by molar-refractivity contribution is -0.219. The molecular weight excluding hydrogens is 142 g/mol. The van der Waals surface area contributed by atoms with Crippen LogP contribution in [0.4, 0.5) is 0 Å². The maximum atomic E-state index is 10.9. The molecule has 0 bridgehead atoms. The monoisotopic (exact) mass is 155 g/mol. The average molecular weight is 155 g/mol. The number of aliphatic carboxylic acids is 1. The number of fused-ring (bicyclic) bond motifs is 1. The minimum absolute atomic E-state index is 0.337. The molecule has 1 N–H and O–H groups in total. The van der Waals surface area contributed by atoms with Crippen LogP contribution in [0.2, 0.25) is 0 Å². The Hall–Kier alpha value is -0.570. The quantitative estimate of drug-likeness (QED) is 0.596. The van der Waals surface area contributed by atoms with Crippen LogP contribution in [0.15, 0.2) is 0 Å². The van der Waals surface area contributed by atoms with Gasteiger partial charge in [-0.05, 0) is 11.8 Å². The first kappa shape index (κ1) is 7.10. The Balaban J connectivity index is 2.26. The second kappa shape index (κ2) is 1.78. The number of nitrogens with zero attached hydrogens (tertiary/aromatic N) is 1. The van der Waals surface area contributed by atoms with Crippen molar-refractivity contribution in [3.63, 3.8) is 0 Å².